The van der Waals surface area contributed by atoms with Crippen LogP contribution in [-0.2, 0) is 25.7 Å². The first kappa shape index (κ1) is 27.6. The fraction of sp³-hybridized carbons (Fsp3) is 0.281. The molecular formula is C32H27FN2O9. The fourth-order valence-electron chi connectivity index (χ4n) is 6.54. The lowest BCUT2D eigenvalue weighted by Crippen LogP contribution is -2.42. The minimum Gasteiger partial charge on any atom is -0.502 e. The number of cyclic esters (lactones) is 1. The van der Waals surface area contributed by atoms with Crippen LogP contribution in [0.3, 0.4) is 0 Å². The van der Waals surface area contributed by atoms with Crippen LogP contribution < -0.4 is 24.3 Å². The molecule has 0 bridgehead atoms. The minimum atomic E-state index is -0.706. The van der Waals surface area contributed by atoms with Gasteiger partial charge in [-0.25, -0.2) is 4.39 Å². The third kappa shape index (κ3) is 4.36. The van der Waals surface area contributed by atoms with Crippen molar-refractivity contribution in [3.05, 3.63) is 88.4 Å². The lowest BCUT2D eigenvalue weighted by Gasteiger charge is -2.40. The topological polar surface area (TPSA) is 133 Å². The second kappa shape index (κ2) is 10.5. The van der Waals surface area contributed by atoms with Gasteiger partial charge in [-0.15, -0.1) is 0 Å². The van der Waals surface area contributed by atoms with Gasteiger partial charge in [0, 0.05) is 17.9 Å². The molecule has 2 amide bonds. The number of ether oxygens (including phenoxy) is 5. The number of aromatic hydroxyl groups is 1. The fourth-order valence-corrected chi connectivity index (χ4v) is 6.54. The number of hydrogen-bond acceptors (Lipinski definition) is 10. The van der Waals surface area contributed by atoms with E-state index in [1.807, 2.05) is 12.1 Å². The first-order valence-corrected chi connectivity index (χ1v) is 13.9. The number of methoxy groups -OCH3 is 2. The van der Waals surface area contributed by atoms with Crippen LogP contribution in [0.2, 0.25) is 0 Å². The van der Waals surface area contributed by atoms with Crippen molar-refractivity contribution >= 4 is 17.8 Å². The van der Waals surface area contributed by atoms with Crippen LogP contribution in [0.15, 0.2) is 60.3 Å². The Morgan fingerprint density at radius 1 is 0.955 bits per heavy atom. The highest BCUT2D eigenvalue weighted by Gasteiger charge is 2.53. The van der Waals surface area contributed by atoms with Gasteiger partial charge in [0.15, 0.2) is 23.0 Å². The summed E-state index contributed by atoms with van der Waals surface area (Å²) in [5, 5.41) is 13.8. The molecule has 1 saturated heterocycles. The molecule has 1 aliphatic carbocycles. The monoisotopic (exact) mass is 602 g/mol. The Balaban J connectivity index is 1.29. The van der Waals surface area contributed by atoms with Gasteiger partial charge in [-0.3, -0.25) is 19.3 Å². The molecule has 3 heterocycles. The van der Waals surface area contributed by atoms with Gasteiger partial charge in [0.25, 0.3) is 11.8 Å². The molecule has 3 aliphatic heterocycles. The number of halogens is 1. The molecular weight excluding hydrogens is 575 g/mol. The summed E-state index contributed by atoms with van der Waals surface area (Å²) in [7, 11) is 2.84. The number of phenols is 1. The summed E-state index contributed by atoms with van der Waals surface area (Å²) in [6.07, 6.45) is 1.23. The standard InChI is InChI=1S/C32H27FN2O9/c1-40-24-7-16(8-25(41-2)30(24)37)27-18-9-22-23(44-14-43-22)10-19(18)29(20-13-42-32(39)28(20)27)34-21-11-26(36)35(31(21)38)12-15-3-5-17(33)6-4-15/h3-11,20,27-29,34,37H,12-14H2,1-2H3. The van der Waals surface area contributed by atoms with Gasteiger partial charge >= 0.3 is 5.97 Å². The van der Waals surface area contributed by atoms with Gasteiger partial charge in [-0.2, -0.15) is 0 Å². The Morgan fingerprint density at radius 2 is 1.61 bits per heavy atom. The third-order valence-electron chi connectivity index (χ3n) is 8.62. The van der Waals surface area contributed by atoms with E-state index in [0.29, 0.717) is 28.2 Å². The van der Waals surface area contributed by atoms with E-state index in [1.165, 1.54) is 44.6 Å². The van der Waals surface area contributed by atoms with Crippen LogP contribution in [0.25, 0.3) is 0 Å². The predicted octanol–water partition coefficient (Wildman–Crippen LogP) is 3.30. The van der Waals surface area contributed by atoms with E-state index in [4.69, 9.17) is 23.7 Å². The van der Waals surface area contributed by atoms with Gasteiger partial charge in [-0.05, 0) is 58.7 Å². The van der Waals surface area contributed by atoms with E-state index in [0.717, 1.165) is 10.5 Å². The second-order valence-electron chi connectivity index (χ2n) is 10.9. The van der Waals surface area contributed by atoms with E-state index in [2.05, 4.69) is 5.32 Å². The summed E-state index contributed by atoms with van der Waals surface area (Å²) in [6.45, 7) is 0.0552. The van der Waals surface area contributed by atoms with Gasteiger partial charge in [0.05, 0.1) is 39.3 Å². The number of rotatable bonds is 7. The molecule has 4 unspecified atom stereocenters. The summed E-state index contributed by atoms with van der Waals surface area (Å²) in [5.41, 5.74) is 2.73. The lowest BCUT2D eigenvalue weighted by molar-refractivity contribution is -0.142. The number of imide groups is 1. The Bertz CT molecular complexity index is 1710. The minimum absolute atomic E-state index is 0.0211. The molecule has 1 fully saturated rings. The van der Waals surface area contributed by atoms with Gasteiger partial charge in [0.1, 0.15) is 11.5 Å². The second-order valence-corrected chi connectivity index (χ2v) is 10.9. The number of fused-ring (bicyclic) bond motifs is 3. The largest absolute Gasteiger partial charge is 0.502 e. The summed E-state index contributed by atoms with van der Waals surface area (Å²) in [4.78, 5) is 40.9. The number of amides is 2. The summed E-state index contributed by atoms with van der Waals surface area (Å²) >= 11 is 0. The SMILES string of the molecule is COc1cc(C2c3cc4c(cc3C(NC3=CC(=O)N(Cc5ccc(F)cc5)C3=O)C3COC(=O)C23)OCO4)cc(OC)c1O. The van der Waals surface area contributed by atoms with Crippen LogP contribution in [0, 0.1) is 17.7 Å². The molecule has 226 valence electrons. The summed E-state index contributed by atoms with van der Waals surface area (Å²) in [5.74, 6) is -2.47. The molecule has 0 saturated carbocycles. The number of hydrogen-bond donors (Lipinski definition) is 2. The van der Waals surface area contributed by atoms with Gasteiger partial charge in [-0.1, -0.05) is 12.1 Å². The van der Waals surface area contributed by atoms with Crippen LogP contribution in [0.4, 0.5) is 4.39 Å². The van der Waals surface area contributed by atoms with Crippen LogP contribution in [-0.4, -0.2) is 55.4 Å². The zero-order chi connectivity index (χ0) is 30.7. The summed E-state index contributed by atoms with van der Waals surface area (Å²) in [6, 6.07) is 11.9. The Hall–Kier alpha value is -5.26. The molecule has 11 nitrogen and oxygen atoms in total. The van der Waals surface area contributed by atoms with Crippen molar-refractivity contribution in [1.29, 1.82) is 0 Å². The number of phenolic OH excluding ortho intramolecular Hbond substituents is 1. The molecule has 4 atom stereocenters. The van der Waals surface area contributed by atoms with E-state index >= 15 is 0 Å². The molecule has 7 rings (SSSR count). The Morgan fingerprint density at radius 3 is 2.27 bits per heavy atom. The van der Waals surface area contributed by atoms with Crippen molar-refractivity contribution in [3.8, 4) is 28.7 Å². The zero-order valence-electron chi connectivity index (χ0n) is 23.7. The van der Waals surface area contributed by atoms with E-state index in [9.17, 15) is 23.9 Å². The molecule has 3 aromatic rings. The van der Waals surface area contributed by atoms with Crippen LogP contribution in [0.1, 0.15) is 34.2 Å². The van der Waals surface area contributed by atoms with Gasteiger partial charge < -0.3 is 34.1 Å². The normalized spacial score (nSPS) is 23.2. The smallest absolute Gasteiger partial charge is 0.310 e. The predicted molar refractivity (Wildman–Crippen MR) is 149 cm³/mol. The van der Waals surface area contributed by atoms with Crippen molar-refractivity contribution < 1.29 is 47.6 Å². The van der Waals surface area contributed by atoms with E-state index in [-0.39, 0.29) is 42.9 Å². The van der Waals surface area contributed by atoms with Crippen molar-refractivity contribution in [2.24, 2.45) is 11.8 Å². The average molecular weight is 603 g/mol. The zero-order valence-corrected chi connectivity index (χ0v) is 23.7. The first-order chi connectivity index (χ1) is 21.3. The van der Waals surface area contributed by atoms with Crippen molar-refractivity contribution in [3.63, 3.8) is 0 Å². The highest BCUT2D eigenvalue weighted by Crippen LogP contribution is 2.55. The van der Waals surface area contributed by atoms with Crippen molar-refractivity contribution in [2.45, 2.75) is 18.5 Å². The molecule has 2 N–H and O–H groups in total. The lowest BCUT2D eigenvalue weighted by atomic mass is 9.65. The number of esters is 1. The highest BCUT2D eigenvalue weighted by atomic mass is 19.1. The molecule has 12 heteroatoms. The van der Waals surface area contributed by atoms with Crippen molar-refractivity contribution in [1.82, 2.24) is 10.2 Å². The maximum atomic E-state index is 13.5. The first-order valence-electron chi connectivity index (χ1n) is 13.9. The Labute approximate surface area is 250 Å². The van der Waals surface area contributed by atoms with Crippen LogP contribution in [0.5, 0.6) is 28.7 Å². The van der Waals surface area contributed by atoms with Crippen LogP contribution >= 0.6 is 0 Å². The summed E-state index contributed by atoms with van der Waals surface area (Å²) < 4.78 is 41.2. The molecule has 4 aliphatic rings. The number of carbonyl (C=O) groups excluding carboxylic acids is 3. The maximum absolute atomic E-state index is 13.5. The molecule has 44 heavy (non-hydrogen) atoms. The quantitative estimate of drug-likeness (QED) is 0.307. The van der Waals surface area contributed by atoms with E-state index < -0.39 is 47.4 Å². The highest BCUT2D eigenvalue weighted by molar-refractivity contribution is 6.15. The van der Waals surface area contributed by atoms with E-state index in [1.54, 1.807) is 12.1 Å². The number of carbonyl (C=O) groups is 3. The number of nitrogens with one attached hydrogen (secondary N) is 1. The molecule has 0 aromatic heterocycles. The van der Waals surface area contributed by atoms with Gasteiger partial charge in [0.2, 0.25) is 12.5 Å². The van der Waals surface area contributed by atoms with Crippen molar-refractivity contribution in [2.75, 3.05) is 27.6 Å². The number of nitrogens with zero attached hydrogens (tertiary/aromatic N) is 1. The number of benzene rings is 3. The average Bonchev–Trinajstić information content (AvgIpc) is 3.71. The third-order valence-corrected chi connectivity index (χ3v) is 8.62. The molecule has 0 spiro atoms. The maximum Gasteiger partial charge on any atom is 0.310 e. The molecule has 0 radical (unpaired) electrons. The Kier molecular flexibility index (Phi) is 6.56. The molecule has 3 aromatic carbocycles.